The second-order valence-electron chi connectivity index (χ2n) is 17.6. The number of pyridine rings is 2. The van der Waals surface area contributed by atoms with Crippen LogP contribution in [0.5, 0.6) is 11.5 Å². The number of sulfonamides is 1. The lowest BCUT2D eigenvalue weighted by molar-refractivity contribution is -0.172. The van der Waals surface area contributed by atoms with Crippen molar-refractivity contribution in [2.45, 2.75) is 64.0 Å². The number of nitrogens with zero attached hydrogens (tertiary/aromatic N) is 3. The smallest absolute Gasteiger partial charge is 0.331 e. The number of nitrogens with one attached hydrogen (secondary N) is 4. The largest absolute Gasteiger partial charge is 0.492 e. The zero-order chi connectivity index (χ0) is 41.0. The predicted octanol–water partition coefficient (Wildman–Crippen LogP) is 8.31. The van der Waals surface area contributed by atoms with E-state index in [0.717, 1.165) is 83.1 Å². The van der Waals surface area contributed by atoms with Gasteiger partial charge < -0.3 is 24.8 Å². The van der Waals surface area contributed by atoms with Gasteiger partial charge in [-0.1, -0.05) is 62.4 Å². The number of alkyl halides is 2. The number of piperidine rings is 2. The highest BCUT2D eigenvalue weighted by Gasteiger charge is 2.47. The first-order chi connectivity index (χ1) is 28.2. The molecule has 59 heavy (non-hydrogen) atoms. The maximum atomic E-state index is 16.2. The molecular formula is C45H51F2N7O4S. The zero-order valence-electron chi connectivity index (χ0n) is 33.7. The van der Waals surface area contributed by atoms with E-state index < -0.39 is 21.6 Å². The van der Waals surface area contributed by atoms with E-state index >= 15 is 8.78 Å². The third-order valence-corrected chi connectivity index (χ3v) is 13.6. The summed E-state index contributed by atoms with van der Waals surface area (Å²) in [6.45, 7) is 7.73. The Kier molecular flexibility index (Phi) is 10.0. The monoisotopic (exact) mass is 823 g/mol. The minimum absolute atomic E-state index is 0.0412. The minimum Gasteiger partial charge on any atom is -0.492 e. The predicted molar refractivity (Wildman–Crippen MR) is 226 cm³/mol. The molecule has 11 nitrogen and oxygen atoms in total. The highest BCUT2D eigenvalue weighted by molar-refractivity contribution is 7.88. The van der Waals surface area contributed by atoms with Crippen LogP contribution < -0.4 is 19.5 Å². The van der Waals surface area contributed by atoms with E-state index in [1.165, 1.54) is 23.3 Å². The summed E-state index contributed by atoms with van der Waals surface area (Å²) in [7, 11) is -3.35. The van der Waals surface area contributed by atoms with E-state index in [4.69, 9.17) is 9.47 Å². The van der Waals surface area contributed by atoms with Crippen LogP contribution in [0.1, 0.15) is 63.5 Å². The summed E-state index contributed by atoms with van der Waals surface area (Å²) in [6, 6.07) is 15.1. The van der Waals surface area contributed by atoms with Gasteiger partial charge in [-0.15, -0.1) is 0 Å². The van der Waals surface area contributed by atoms with Crippen LogP contribution in [0.15, 0.2) is 85.5 Å². The Balaban J connectivity index is 0.852. The maximum Gasteiger partial charge on any atom is 0.331 e. The van der Waals surface area contributed by atoms with Crippen molar-refractivity contribution in [2.24, 2.45) is 10.8 Å². The first-order valence-electron chi connectivity index (χ1n) is 20.5. The number of aromatic amines is 2. The van der Waals surface area contributed by atoms with Gasteiger partial charge in [0.25, 0.3) is 0 Å². The summed E-state index contributed by atoms with van der Waals surface area (Å²) >= 11 is 0. The van der Waals surface area contributed by atoms with E-state index in [0.29, 0.717) is 43.1 Å². The van der Waals surface area contributed by atoms with Crippen molar-refractivity contribution in [1.29, 1.82) is 0 Å². The Labute approximate surface area is 343 Å². The van der Waals surface area contributed by atoms with Crippen LogP contribution in [0.2, 0.25) is 0 Å². The molecule has 1 aliphatic carbocycles. The molecule has 1 saturated carbocycles. The lowest BCUT2D eigenvalue weighted by Crippen LogP contribution is -2.48. The van der Waals surface area contributed by atoms with Crippen LogP contribution in [-0.4, -0.2) is 78.9 Å². The fourth-order valence-electron chi connectivity index (χ4n) is 8.83. The molecule has 9 rings (SSSR count). The van der Waals surface area contributed by atoms with Gasteiger partial charge in [-0.25, -0.2) is 28.0 Å². The number of ether oxygens (including phenoxy) is 2. The van der Waals surface area contributed by atoms with Crippen molar-refractivity contribution < 1.29 is 26.7 Å². The molecule has 0 bridgehead atoms. The maximum absolute atomic E-state index is 16.2. The molecule has 4 N–H and O–H groups in total. The van der Waals surface area contributed by atoms with Crippen molar-refractivity contribution >= 4 is 32.1 Å². The van der Waals surface area contributed by atoms with E-state index in [-0.39, 0.29) is 29.5 Å². The van der Waals surface area contributed by atoms with Gasteiger partial charge in [0, 0.05) is 65.4 Å². The molecule has 0 amide bonds. The van der Waals surface area contributed by atoms with Crippen molar-refractivity contribution in [1.82, 2.24) is 34.9 Å². The van der Waals surface area contributed by atoms with Gasteiger partial charge in [0.15, 0.2) is 0 Å². The molecule has 0 spiro atoms. The highest BCUT2D eigenvalue weighted by Crippen LogP contribution is 2.47. The molecule has 0 atom stereocenters. The summed E-state index contributed by atoms with van der Waals surface area (Å²) in [5.74, 6) is 1.41. The summed E-state index contributed by atoms with van der Waals surface area (Å²) < 4.78 is 72.0. The van der Waals surface area contributed by atoms with Crippen molar-refractivity contribution in [2.75, 3.05) is 45.6 Å². The summed E-state index contributed by atoms with van der Waals surface area (Å²) in [6.07, 6.45) is 13.1. The van der Waals surface area contributed by atoms with Crippen molar-refractivity contribution in [3.05, 3.63) is 96.6 Å². The molecule has 6 aromatic rings. The minimum atomic E-state index is -3.35. The third kappa shape index (κ3) is 7.95. The SMILES string of the molecule is CC1(COc2ccnc3[nH]cc(-c4ccc(C(F)(F)N5CCC(C)(COc6ccnc7[nH]cc(-c8ccc(C9(NS(C)(=O)=O)CC9)cc8)c67)CC5)cc4)c23)CCNCC1. The fourth-order valence-corrected chi connectivity index (χ4v) is 9.86. The van der Waals surface area contributed by atoms with E-state index in [2.05, 4.69) is 43.8 Å². The van der Waals surface area contributed by atoms with E-state index in [9.17, 15) is 8.42 Å². The summed E-state index contributed by atoms with van der Waals surface area (Å²) in [5.41, 5.74) is 5.04. The highest BCUT2D eigenvalue weighted by atomic mass is 32.2. The lowest BCUT2D eigenvalue weighted by atomic mass is 9.81. The Bertz CT molecular complexity index is 2570. The van der Waals surface area contributed by atoms with E-state index in [1.807, 2.05) is 48.8 Å². The number of rotatable bonds is 13. The number of aromatic nitrogens is 4. The van der Waals surface area contributed by atoms with Crippen molar-refractivity contribution in [3.63, 3.8) is 0 Å². The van der Waals surface area contributed by atoms with Crippen LogP contribution in [0.3, 0.4) is 0 Å². The molecule has 0 radical (unpaired) electrons. The molecule has 6 heterocycles. The number of hydrogen-bond acceptors (Lipinski definition) is 8. The first kappa shape index (κ1) is 39.6. The Morgan fingerprint density at radius 1 is 0.729 bits per heavy atom. The third-order valence-electron chi connectivity index (χ3n) is 12.8. The summed E-state index contributed by atoms with van der Waals surface area (Å²) in [4.78, 5) is 16.8. The average Bonchev–Trinajstić information content (AvgIpc) is 3.63. The molecular weight excluding hydrogens is 773 g/mol. The lowest BCUT2D eigenvalue weighted by Gasteiger charge is -2.42. The number of likely N-dealkylation sites (tertiary alicyclic amines) is 1. The van der Waals surface area contributed by atoms with Crippen LogP contribution in [-0.2, 0) is 21.6 Å². The van der Waals surface area contributed by atoms with Crippen LogP contribution in [0.25, 0.3) is 44.3 Å². The van der Waals surface area contributed by atoms with Crippen molar-refractivity contribution in [3.8, 4) is 33.8 Å². The van der Waals surface area contributed by atoms with Gasteiger partial charge in [-0.2, -0.15) is 8.78 Å². The second-order valence-corrected chi connectivity index (χ2v) is 19.3. The van der Waals surface area contributed by atoms with Crippen LogP contribution in [0.4, 0.5) is 8.78 Å². The molecule has 3 fully saturated rings. The van der Waals surface area contributed by atoms with Gasteiger partial charge in [0.1, 0.15) is 22.8 Å². The van der Waals surface area contributed by atoms with Gasteiger partial charge in [-0.05, 0) is 80.4 Å². The molecule has 0 unspecified atom stereocenters. The van der Waals surface area contributed by atoms with Gasteiger partial charge in [-0.3, -0.25) is 0 Å². The molecule has 2 aliphatic heterocycles. The topological polar surface area (TPSA) is 137 Å². The Hall–Kier alpha value is -4.89. The number of halogens is 2. The van der Waals surface area contributed by atoms with Gasteiger partial charge in [0.05, 0.1) is 35.8 Å². The average molecular weight is 824 g/mol. The molecule has 3 aliphatic rings. The van der Waals surface area contributed by atoms with Crippen LogP contribution in [0, 0.1) is 10.8 Å². The fraction of sp³-hybridized carbons (Fsp3) is 0.422. The standard InChI is InChI=1S/C45H51F2N7O4S/c1-42(16-22-48-23-17-42)28-57-36-12-20-49-41-39(36)35(27-52-41)31-6-10-33(11-7-31)45(46,47)54-24-18-43(2,19-25-54)29-58-37-13-21-50-40-38(37)34(26-51-40)30-4-8-32(9-5-30)44(14-15-44)53-59(3,55)56/h4-13,20-21,26-27,48,53H,14-19,22-25,28-29H2,1-3H3,(H,49,52)(H,50,51). The van der Waals surface area contributed by atoms with Crippen LogP contribution >= 0.6 is 0 Å². The first-order valence-corrected chi connectivity index (χ1v) is 22.3. The zero-order valence-corrected chi connectivity index (χ0v) is 34.5. The number of benzene rings is 2. The van der Waals surface area contributed by atoms with Gasteiger partial charge in [0.2, 0.25) is 10.0 Å². The number of hydrogen-bond donors (Lipinski definition) is 4. The molecule has 310 valence electrons. The Morgan fingerprint density at radius 2 is 1.22 bits per heavy atom. The molecule has 14 heteroatoms. The number of H-pyrrole nitrogens is 2. The molecule has 2 saturated heterocycles. The molecule has 2 aromatic carbocycles. The number of fused-ring (bicyclic) bond motifs is 2. The second kappa shape index (κ2) is 15.0. The molecule has 4 aromatic heterocycles. The normalized spacial score (nSPS) is 19.2. The Morgan fingerprint density at radius 3 is 1.71 bits per heavy atom. The quantitative estimate of drug-likeness (QED) is 0.0855. The van der Waals surface area contributed by atoms with E-state index in [1.54, 1.807) is 24.5 Å². The summed E-state index contributed by atoms with van der Waals surface area (Å²) in [5, 5.41) is 5.11. The van der Waals surface area contributed by atoms with Gasteiger partial charge >= 0.3 is 6.05 Å².